The minimum absolute atomic E-state index is 0.106. The number of anilines is 1. The third-order valence-corrected chi connectivity index (χ3v) is 3.56. The fraction of sp³-hybridized carbons (Fsp3) is 0.273. The number of ketones is 1. The maximum atomic E-state index is 11.4. The molecule has 0 saturated carbocycles. The third kappa shape index (κ3) is 3.94. The van der Waals surface area contributed by atoms with Crippen LogP contribution in [0.3, 0.4) is 0 Å². The molecular weight excluding hydrogens is 256 g/mol. The topological polar surface area (TPSA) is 92.3 Å². The highest BCUT2D eigenvalue weighted by atomic mass is 32.2. The summed E-state index contributed by atoms with van der Waals surface area (Å²) in [6.07, 6.45) is -0.198. The van der Waals surface area contributed by atoms with Gasteiger partial charge in [-0.3, -0.25) is 9.59 Å². The van der Waals surface area contributed by atoms with Gasteiger partial charge in [0.1, 0.15) is 5.78 Å². The van der Waals surface area contributed by atoms with Gasteiger partial charge in [0.05, 0.1) is 11.3 Å². The smallest absolute Gasteiger partial charge is 0.240 e. The maximum Gasteiger partial charge on any atom is 0.240 e. The Hall–Kier alpha value is -1.73. The van der Waals surface area contributed by atoms with Crippen molar-refractivity contribution in [3.63, 3.8) is 0 Å². The fourth-order valence-corrected chi connectivity index (χ4v) is 2.00. The molecule has 1 aromatic rings. The lowest BCUT2D eigenvalue weighted by Gasteiger charge is -2.06. The lowest BCUT2D eigenvalue weighted by atomic mass is 10.2. The van der Waals surface area contributed by atoms with Crippen LogP contribution < -0.4 is 10.0 Å². The van der Waals surface area contributed by atoms with Crippen LogP contribution in [0.25, 0.3) is 0 Å². The number of carbonyl (C=O) groups excluding carboxylic acids is 2. The van der Waals surface area contributed by atoms with Crippen LogP contribution in [0, 0.1) is 0 Å². The van der Waals surface area contributed by atoms with Gasteiger partial charge in [0, 0.05) is 5.69 Å². The second kappa shape index (κ2) is 5.74. The molecule has 0 aliphatic carbocycles. The quantitative estimate of drug-likeness (QED) is 0.763. The lowest BCUT2D eigenvalue weighted by molar-refractivity contribution is -0.124. The highest BCUT2D eigenvalue weighted by Gasteiger charge is 2.11. The van der Waals surface area contributed by atoms with Gasteiger partial charge in [0.25, 0.3) is 0 Å². The first-order chi connectivity index (χ1) is 8.35. The molecule has 1 rings (SSSR count). The summed E-state index contributed by atoms with van der Waals surface area (Å²) < 4.78 is 25.1. The van der Waals surface area contributed by atoms with Crippen molar-refractivity contribution in [2.45, 2.75) is 18.2 Å². The zero-order valence-corrected chi connectivity index (χ0v) is 10.9. The van der Waals surface area contributed by atoms with Gasteiger partial charge in [-0.25, -0.2) is 13.1 Å². The molecular formula is C11H14N2O4S. The van der Waals surface area contributed by atoms with E-state index in [4.69, 9.17) is 0 Å². The Morgan fingerprint density at radius 1 is 1.17 bits per heavy atom. The highest BCUT2D eigenvalue weighted by molar-refractivity contribution is 7.89. The highest BCUT2D eigenvalue weighted by Crippen LogP contribution is 2.13. The predicted molar refractivity (Wildman–Crippen MR) is 66.6 cm³/mol. The average Bonchev–Trinajstić information content (AvgIpc) is 2.28. The number of hydrogen-bond acceptors (Lipinski definition) is 4. The first-order valence-electron chi connectivity index (χ1n) is 5.18. The number of carbonyl (C=O) groups is 2. The molecule has 0 radical (unpaired) electrons. The Balaban J connectivity index is 2.78. The van der Waals surface area contributed by atoms with Crippen LogP contribution in [0.1, 0.15) is 13.3 Å². The van der Waals surface area contributed by atoms with Crippen molar-refractivity contribution in [1.29, 1.82) is 0 Å². The normalized spacial score (nSPS) is 11.0. The summed E-state index contributed by atoms with van der Waals surface area (Å²) in [6.45, 7) is 1.32. The number of hydrogen-bond donors (Lipinski definition) is 2. The molecule has 6 nitrogen and oxygen atoms in total. The number of amides is 1. The molecule has 0 aliphatic heterocycles. The summed E-state index contributed by atoms with van der Waals surface area (Å²) in [6, 6.07) is 5.66. The van der Waals surface area contributed by atoms with E-state index in [1.807, 2.05) is 0 Å². The summed E-state index contributed by atoms with van der Waals surface area (Å²) in [7, 11) is -2.16. The van der Waals surface area contributed by atoms with E-state index in [0.717, 1.165) is 0 Å². The van der Waals surface area contributed by atoms with Gasteiger partial charge in [-0.05, 0) is 38.2 Å². The molecule has 1 aromatic carbocycles. The minimum Gasteiger partial charge on any atom is -0.326 e. The monoisotopic (exact) mass is 270 g/mol. The molecule has 0 saturated heterocycles. The first kappa shape index (κ1) is 14.3. The van der Waals surface area contributed by atoms with Crippen molar-refractivity contribution in [1.82, 2.24) is 4.72 Å². The molecule has 0 unspecified atom stereocenters. The number of benzene rings is 1. The van der Waals surface area contributed by atoms with Gasteiger partial charge in [-0.15, -0.1) is 0 Å². The number of nitrogens with one attached hydrogen (secondary N) is 2. The number of rotatable bonds is 5. The van der Waals surface area contributed by atoms with Crippen molar-refractivity contribution >= 4 is 27.4 Å². The van der Waals surface area contributed by atoms with E-state index in [0.29, 0.717) is 5.69 Å². The SMILES string of the molecule is CNS(=O)(=O)c1ccc(NC(=O)CC(C)=O)cc1. The van der Waals surface area contributed by atoms with E-state index >= 15 is 0 Å². The molecule has 0 fully saturated rings. The Kier molecular flexibility index (Phi) is 4.57. The van der Waals surface area contributed by atoms with Gasteiger partial charge in [0.2, 0.25) is 15.9 Å². The van der Waals surface area contributed by atoms with E-state index in [2.05, 4.69) is 10.0 Å². The lowest BCUT2D eigenvalue weighted by Crippen LogP contribution is -2.18. The van der Waals surface area contributed by atoms with Crippen LogP contribution in [-0.2, 0) is 19.6 Å². The van der Waals surface area contributed by atoms with Crippen LogP contribution in [0.15, 0.2) is 29.2 Å². The molecule has 18 heavy (non-hydrogen) atoms. The molecule has 7 heteroatoms. The summed E-state index contributed by atoms with van der Waals surface area (Å²) in [5, 5.41) is 2.49. The van der Waals surface area contributed by atoms with Crippen molar-refractivity contribution < 1.29 is 18.0 Å². The standard InChI is InChI=1S/C11H14N2O4S/c1-8(14)7-11(15)13-9-3-5-10(6-4-9)18(16,17)12-2/h3-6,12H,7H2,1-2H3,(H,13,15). The van der Waals surface area contributed by atoms with Gasteiger partial charge in [0.15, 0.2) is 0 Å². The second-order valence-electron chi connectivity index (χ2n) is 3.66. The summed E-state index contributed by atoms with van der Waals surface area (Å²) in [5.74, 6) is -0.659. The van der Waals surface area contributed by atoms with Crippen molar-refractivity contribution in [2.24, 2.45) is 0 Å². The number of sulfonamides is 1. The van der Waals surface area contributed by atoms with Crippen LogP contribution in [0.2, 0.25) is 0 Å². The predicted octanol–water partition coefficient (Wildman–Crippen LogP) is 0.512. The Morgan fingerprint density at radius 2 is 1.72 bits per heavy atom. The van der Waals surface area contributed by atoms with E-state index < -0.39 is 15.9 Å². The van der Waals surface area contributed by atoms with Crippen LogP contribution in [0.4, 0.5) is 5.69 Å². The van der Waals surface area contributed by atoms with Crippen molar-refractivity contribution in [2.75, 3.05) is 12.4 Å². The van der Waals surface area contributed by atoms with Gasteiger partial charge >= 0.3 is 0 Å². The molecule has 1 amide bonds. The third-order valence-electron chi connectivity index (χ3n) is 2.13. The minimum atomic E-state index is -3.48. The molecule has 0 aromatic heterocycles. The molecule has 0 aliphatic rings. The summed E-state index contributed by atoms with van der Waals surface area (Å²) in [4.78, 5) is 22.1. The van der Waals surface area contributed by atoms with Crippen molar-refractivity contribution in [3.8, 4) is 0 Å². The largest absolute Gasteiger partial charge is 0.326 e. The van der Waals surface area contributed by atoms with Crippen molar-refractivity contribution in [3.05, 3.63) is 24.3 Å². The molecule has 98 valence electrons. The average molecular weight is 270 g/mol. The first-order valence-corrected chi connectivity index (χ1v) is 6.66. The summed E-state index contributed by atoms with van der Waals surface area (Å²) in [5.41, 5.74) is 0.441. The van der Waals surface area contributed by atoms with Crippen LogP contribution in [0.5, 0.6) is 0 Å². The van der Waals surface area contributed by atoms with E-state index in [1.165, 1.54) is 38.2 Å². The van der Waals surface area contributed by atoms with E-state index in [-0.39, 0.29) is 17.1 Å². The van der Waals surface area contributed by atoms with Gasteiger partial charge < -0.3 is 5.32 Å². The van der Waals surface area contributed by atoms with E-state index in [1.54, 1.807) is 0 Å². The fourth-order valence-electron chi connectivity index (χ4n) is 1.27. The summed E-state index contributed by atoms with van der Waals surface area (Å²) >= 11 is 0. The second-order valence-corrected chi connectivity index (χ2v) is 5.55. The van der Waals surface area contributed by atoms with E-state index in [9.17, 15) is 18.0 Å². The maximum absolute atomic E-state index is 11.4. The zero-order chi connectivity index (χ0) is 13.8. The molecule has 0 heterocycles. The molecule has 2 N–H and O–H groups in total. The van der Waals surface area contributed by atoms with Gasteiger partial charge in [-0.1, -0.05) is 0 Å². The zero-order valence-electron chi connectivity index (χ0n) is 10.1. The van der Waals surface area contributed by atoms with Crippen LogP contribution in [-0.4, -0.2) is 27.2 Å². The molecule has 0 spiro atoms. The Bertz CT molecular complexity index is 549. The number of Topliss-reactive ketones (excluding diaryl/α,β-unsaturated/α-hetero) is 1. The van der Waals surface area contributed by atoms with Gasteiger partial charge in [-0.2, -0.15) is 0 Å². The molecule has 0 bridgehead atoms. The molecule has 0 atom stereocenters. The Morgan fingerprint density at radius 3 is 2.17 bits per heavy atom. The van der Waals surface area contributed by atoms with Crippen LogP contribution >= 0.6 is 0 Å². The Labute approximate surface area is 105 Å².